The second-order valence-electron chi connectivity index (χ2n) is 8.13. The van der Waals surface area contributed by atoms with Crippen LogP contribution in [0.1, 0.15) is 28.9 Å². The lowest BCUT2D eigenvalue weighted by atomic mass is 10.1. The van der Waals surface area contributed by atoms with Crippen LogP contribution in [0.4, 0.5) is 5.95 Å². The molecule has 0 saturated heterocycles. The highest BCUT2D eigenvalue weighted by molar-refractivity contribution is 5.75. The Labute approximate surface area is 228 Å². The van der Waals surface area contributed by atoms with Crippen molar-refractivity contribution >= 4 is 30.3 Å². The van der Waals surface area contributed by atoms with E-state index in [1.54, 1.807) is 42.7 Å². The van der Waals surface area contributed by atoms with Gasteiger partial charge in [0.1, 0.15) is 0 Å². The Bertz CT molecular complexity index is 1170. The Kier molecular flexibility index (Phi) is 10.8. The maximum atomic E-state index is 9.16. The molecule has 10 heteroatoms. The number of hydrogen-bond acceptors (Lipinski definition) is 10. The van der Waals surface area contributed by atoms with E-state index >= 15 is 0 Å². The number of anilines is 1. The Balaban J connectivity index is 1.97. The average Bonchev–Trinajstić information content (AvgIpc) is 2.97. The third-order valence-corrected chi connectivity index (χ3v) is 5.65. The fourth-order valence-corrected chi connectivity index (χ4v) is 3.77. The molecule has 10 nitrogen and oxygen atoms in total. The summed E-state index contributed by atoms with van der Waals surface area (Å²) in [7, 11) is 9.43. The van der Waals surface area contributed by atoms with Gasteiger partial charge in [0, 0.05) is 13.2 Å². The largest absolute Gasteiger partial charge is 0.493 e. The standard InChI is InChI=1S/C29H35N3O7/c1-34-23-14-19(15-24(35-2)27(23)38-5)8-10-21-18-22(32-29(31-21)30-12-7-13-33)11-9-20-16-25(36-3)28(39-6)26(17-20)37-4/h8-11,14-18,33H,7,12-13H2,1-6H3,(H,30,31,32)/b10-8+,11-9+. The smallest absolute Gasteiger partial charge is 0.223 e. The van der Waals surface area contributed by atoms with E-state index in [9.17, 15) is 0 Å². The van der Waals surface area contributed by atoms with E-state index in [1.165, 1.54) is 0 Å². The topological polar surface area (TPSA) is 113 Å². The molecule has 3 aromatic rings. The number of aliphatic hydroxyl groups excluding tert-OH is 1. The van der Waals surface area contributed by atoms with E-state index in [-0.39, 0.29) is 6.61 Å². The van der Waals surface area contributed by atoms with Crippen molar-refractivity contribution in [2.24, 2.45) is 0 Å². The molecule has 3 rings (SSSR count). The SMILES string of the molecule is COc1cc(/C=C/c2cc(/C=C/c3cc(OC)c(OC)c(OC)c3)nc(NCCCO)n2)cc(OC)c1OC. The van der Waals surface area contributed by atoms with Crippen molar-refractivity contribution in [1.82, 2.24) is 9.97 Å². The van der Waals surface area contributed by atoms with Crippen LogP contribution in [-0.4, -0.2) is 70.9 Å². The number of benzene rings is 2. The third-order valence-electron chi connectivity index (χ3n) is 5.65. The predicted molar refractivity (Wildman–Crippen MR) is 152 cm³/mol. The first kappa shape index (κ1) is 29.1. The first-order valence-corrected chi connectivity index (χ1v) is 12.2. The highest BCUT2D eigenvalue weighted by Crippen LogP contribution is 2.39. The molecule has 0 fully saturated rings. The molecule has 2 N–H and O–H groups in total. The highest BCUT2D eigenvalue weighted by atomic mass is 16.5. The van der Waals surface area contributed by atoms with Gasteiger partial charge in [0.2, 0.25) is 17.4 Å². The van der Waals surface area contributed by atoms with Crippen molar-refractivity contribution < 1.29 is 33.5 Å². The van der Waals surface area contributed by atoms with Crippen LogP contribution in [0.5, 0.6) is 34.5 Å². The minimum Gasteiger partial charge on any atom is -0.493 e. The minimum atomic E-state index is 0.0711. The van der Waals surface area contributed by atoms with E-state index in [2.05, 4.69) is 15.3 Å². The highest BCUT2D eigenvalue weighted by Gasteiger charge is 2.13. The van der Waals surface area contributed by atoms with Crippen molar-refractivity contribution in [2.75, 3.05) is 61.1 Å². The summed E-state index contributed by atoms with van der Waals surface area (Å²) in [5.74, 6) is 3.71. The van der Waals surface area contributed by atoms with Gasteiger partial charge in [0.05, 0.1) is 54.0 Å². The Hall–Kier alpha value is -4.44. The van der Waals surface area contributed by atoms with Gasteiger partial charge in [-0.15, -0.1) is 0 Å². The molecular weight excluding hydrogens is 502 g/mol. The number of rotatable bonds is 14. The number of hydrogen-bond donors (Lipinski definition) is 2. The summed E-state index contributed by atoms with van der Waals surface area (Å²) in [5, 5.41) is 12.3. The summed E-state index contributed by atoms with van der Waals surface area (Å²) in [6.07, 6.45) is 8.12. The predicted octanol–water partition coefficient (Wildman–Crippen LogP) is 4.66. The zero-order chi connectivity index (χ0) is 28.2. The quantitative estimate of drug-likeness (QED) is 0.281. The molecule has 0 aliphatic rings. The van der Waals surface area contributed by atoms with Crippen LogP contribution in [0.3, 0.4) is 0 Å². The summed E-state index contributed by atoms with van der Waals surface area (Å²) < 4.78 is 32.6. The molecule has 39 heavy (non-hydrogen) atoms. The number of aliphatic hydroxyl groups is 1. The minimum absolute atomic E-state index is 0.0711. The van der Waals surface area contributed by atoms with E-state index in [1.807, 2.05) is 54.6 Å². The van der Waals surface area contributed by atoms with Crippen LogP contribution in [0.25, 0.3) is 24.3 Å². The zero-order valence-corrected chi connectivity index (χ0v) is 23.1. The van der Waals surface area contributed by atoms with Gasteiger partial charge in [-0.05, 0) is 60.0 Å². The number of nitrogens with zero attached hydrogens (tertiary/aromatic N) is 2. The Morgan fingerprint density at radius 3 is 1.36 bits per heavy atom. The van der Waals surface area contributed by atoms with Crippen molar-refractivity contribution in [2.45, 2.75) is 6.42 Å². The van der Waals surface area contributed by atoms with Gasteiger partial charge in [-0.1, -0.05) is 12.2 Å². The van der Waals surface area contributed by atoms with E-state index in [0.29, 0.717) is 64.8 Å². The molecule has 0 unspecified atom stereocenters. The number of ether oxygens (including phenoxy) is 6. The van der Waals surface area contributed by atoms with Gasteiger partial charge < -0.3 is 38.8 Å². The molecule has 0 aliphatic heterocycles. The second kappa shape index (κ2) is 14.5. The fraction of sp³-hybridized carbons (Fsp3) is 0.310. The van der Waals surface area contributed by atoms with Crippen LogP contribution in [0, 0.1) is 0 Å². The summed E-state index contributed by atoms with van der Waals surface area (Å²) in [4.78, 5) is 9.21. The summed E-state index contributed by atoms with van der Waals surface area (Å²) >= 11 is 0. The van der Waals surface area contributed by atoms with Gasteiger partial charge in [0.25, 0.3) is 0 Å². The molecule has 1 heterocycles. The van der Waals surface area contributed by atoms with E-state index in [4.69, 9.17) is 33.5 Å². The zero-order valence-electron chi connectivity index (χ0n) is 23.1. The van der Waals surface area contributed by atoms with E-state index < -0.39 is 0 Å². The first-order valence-electron chi connectivity index (χ1n) is 12.2. The molecule has 0 aliphatic carbocycles. The van der Waals surface area contributed by atoms with Crippen LogP contribution in [0.2, 0.25) is 0 Å². The van der Waals surface area contributed by atoms with Crippen LogP contribution in [0.15, 0.2) is 30.3 Å². The maximum absolute atomic E-state index is 9.16. The maximum Gasteiger partial charge on any atom is 0.223 e. The Morgan fingerprint density at radius 1 is 0.615 bits per heavy atom. The van der Waals surface area contributed by atoms with Gasteiger partial charge >= 0.3 is 0 Å². The average molecular weight is 538 g/mol. The first-order chi connectivity index (χ1) is 19.0. The van der Waals surface area contributed by atoms with Gasteiger partial charge in [-0.25, -0.2) is 9.97 Å². The summed E-state index contributed by atoms with van der Waals surface area (Å²) in [6, 6.07) is 9.27. The second-order valence-corrected chi connectivity index (χ2v) is 8.13. The molecular formula is C29H35N3O7. The molecule has 0 spiro atoms. The van der Waals surface area contributed by atoms with Crippen LogP contribution < -0.4 is 33.7 Å². The van der Waals surface area contributed by atoms with Gasteiger partial charge in [-0.2, -0.15) is 0 Å². The van der Waals surface area contributed by atoms with Crippen LogP contribution in [-0.2, 0) is 0 Å². The van der Waals surface area contributed by atoms with Gasteiger partial charge in [0.15, 0.2) is 23.0 Å². The summed E-state index contributed by atoms with van der Waals surface area (Å²) in [6.45, 7) is 0.605. The molecule has 1 aromatic heterocycles. The molecule has 208 valence electrons. The third kappa shape index (κ3) is 7.55. The normalized spacial score (nSPS) is 11.1. The lowest BCUT2D eigenvalue weighted by Crippen LogP contribution is -2.08. The lowest BCUT2D eigenvalue weighted by molar-refractivity contribution is 0.292. The van der Waals surface area contributed by atoms with Gasteiger partial charge in [-0.3, -0.25) is 0 Å². The number of aromatic nitrogens is 2. The van der Waals surface area contributed by atoms with Crippen molar-refractivity contribution in [3.05, 3.63) is 52.8 Å². The lowest BCUT2D eigenvalue weighted by Gasteiger charge is -2.13. The number of nitrogens with one attached hydrogen (secondary N) is 1. The molecule has 0 bridgehead atoms. The van der Waals surface area contributed by atoms with Crippen molar-refractivity contribution in [1.29, 1.82) is 0 Å². The molecule has 0 atom stereocenters. The van der Waals surface area contributed by atoms with Crippen molar-refractivity contribution in [3.63, 3.8) is 0 Å². The number of methoxy groups -OCH3 is 6. The summed E-state index contributed by atoms with van der Waals surface area (Å²) in [5.41, 5.74) is 3.03. The molecule has 0 saturated carbocycles. The van der Waals surface area contributed by atoms with E-state index in [0.717, 1.165) is 11.1 Å². The fourth-order valence-electron chi connectivity index (χ4n) is 3.77. The molecule has 0 amide bonds. The molecule has 2 aromatic carbocycles. The van der Waals surface area contributed by atoms with Crippen LogP contribution >= 0.6 is 0 Å². The Morgan fingerprint density at radius 2 is 1.03 bits per heavy atom. The van der Waals surface area contributed by atoms with Crippen molar-refractivity contribution in [3.8, 4) is 34.5 Å². The molecule has 0 radical (unpaired) electrons. The monoisotopic (exact) mass is 537 g/mol.